The molecule has 1 aromatic carbocycles. The lowest BCUT2D eigenvalue weighted by molar-refractivity contribution is -0.164. The number of anilines is 2. The first-order chi connectivity index (χ1) is 15.7. The average Bonchev–Trinajstić information content (AvgIpc) is 2.79. The number of allylic oxidation sites excluding steroid dienone is 3. The minimum Gasteiger partial charge on any atom is -0.468 e. The normalized spacial score (nSPS) is 16.1. The maximum absolute atomic E-state index is 12.4. The Hall–Kier alpha value is -3.40. The molecule has 0 spiro atoms. The van der Waals surface area contributed by atoms with E-state index in [1.54, 1.807) is 31.3 Å². The SMILES string of the molecule is C=N/C(=C\C=C(/C)c1cnc(N2CCC(N)CC2)nc1-c1ccc(N)cc1)OCC(F)(F)F. The van der Waals surface area contributed by atoms with E-state index < -0.39 is 12.8 Å². The number of benzene rings is 1. The highest BCUT2D eigenvalue weighted by Gasteiger charge is 2.28. The Morgan fingerprint density at radius 1 is 1.24 bits per heavy atom. The largest absolute Gasteiger partial charge is 0.468 e. The third-order valence-corrected chi connectivity index (χ3v) is 5.22. The molecule has 7 nitrogen and oxygen atoms in total. The van der Waals surface area contributed by atoms with Crippen LogP contribution in [0.5, 0.6) is 0 Å². The predicted octanol–water partition coefficient (Wildman–Crippen LogP) is 4.18. The minimum atomic E-state index is -4.47. The highest BCUT2D eigenvalue weighted by atomic mass is 19.4. The Bertz CT molecular complexity index is 1030. The lowest BCUT2D eigenvalue weighted by Gasteiger charge is -2.30. The number of ether oxygens (including phenoxy) is 1. The van der Waals surface area contributed by atoms with Gasteiger partial charge in [0.2, 0.25) is 11.8 Å². The molecule has 1 fully saturated rings. The molecule has 4 N–H and O–H groups in total. The van der Waals surface area contributed by atoms with Crippen LogP contribution < -0.4 is 16.4 Å². The molecule has 0 unspecified atom stereocenters. The second-order valence-electron chi connectivity index (χ2n) is 7.80. The van der Waals surface area contributed by atoms with Gasteiger partial charge in [0, 0.05) is 48.2 Å². The van der Waals surface area contributed by atoms with Crippen molar-refractivity contribution < 1.29 is 17.9 Å². The minimum absolute atomic E-state index is 0.182. The number of nitrogen functional groups attached to an aromatic ring is 1. The van der Waals surface area contributed by atoms with Crippen molar-refractivity contribution in [2.75, 3.05) is 30.3 Å². The number of alkyl halides is 3. The molecule has 1 aliphatic rings. The topological polar surface area (TPSA) is 103 Å². The summed E-state index contributed by atoms with van der Waals surface area (Å²) in [6.07, 6.45) is 1.90. The third-order valence-electron chi connectivity index (χ3n) is 5.22. The average molecular weight is 461 g/mol. The molecular formula is C23H27F3N6O. The van der Waals surface area contributed by atoms with Crippen molar-refractivity contribution in [3.05, 3.63) is 54.1 Å². The summed E-state index contributed by atoms with van der Waals surface area (Å²) in [6.45, 7) is 5.16. The van der Waals surface area contributed by atoms with Gasteiger partial charge in [0.1, 0.15) is 0 Å². The Balaban J connectivity index is 1.95. The van der Waals surface area contributed by atoms with Gasteiger partial charge in [-0.2, -0.15) is 13.2 Å². The van der Waals surface area contributed by atoms with E-state index in [-0.39, 0.29) is 11.9 Å². The first-order valence-electron chi connectivity index (χ1n) is 10.4. The van der Waals surface area contributed by atoms with Gasteiger partial charge in [0.15, 0.2) is 6.61 Å². The van der Waals surface area contributed by atoms with Crippen molar-refractivity contribution in [2.24, 2.45) is 10.7 Å². The summed E-state index contributed by atoms with van der Waals surface area (Å²) in [5.74, 6) is 0.366. The van der Waals surface area contributed by atoms with E-state index in [1.807, 2.05) is 12.1 Å². The van der Waals surface area contributed by atoms with E-state index in [0.29, 0.717) is 28.5 Å². The van der Waals surface area contributed by atoms with E-state index in [2.05, 4.69) is 26.3 Å². The van der Waals surface area contributed by atoms with Gasteiger partial charge >= 0.3 is 6.18 Å². The third kappa shape index (κ3) is 6.79. The van der Waals surface area contributed by atoms with Gasteiger partial charge < -0.3 is 21.1 Å². The van der Waals surface area contributed by atoms with E-state index >= 15 is 0 Å². The van der Waals surface area contributed by atoms with Crippen LogP contribution in [-0.2, 0) is 4.74 Å². The molecule has 0 bridgehead atoms. The lowest BCUT2D eigenvalue weighted by atomic mass is 10.0. The molecule has 176 valence electrons. The number of hydrogen-bond donors (Lipinski definition) is 2. The number of halogens is 3. The number of aliphatic imine (C=N–C) groups is 1. The fourth-order valence-electron chi connectivity index (χ4n) is 3.36. The van der Waals surface area contributed by atoms with E-state index in [4.69, 9.17) is 16.5 Å². The molecule has 2 heterocycles. The number of aromatic nitrogens is 2. The number of nitrogens with zero attached hydrogens (tertiary/aromatic N) is 4. The van der Waals surface area contributed by atoms with Gasteiger partial charge in [-0.15, -0.1) is 0 Å². The number of nitrogens with two attached hydrogens (primary N) is 2. The first-order valence-corrected chi connectivity index (χ1v) is 10.4. The summed E-state index contributed by atoms with van der Waals surface area (Å²) in [5.41, 5.74) is 15.4. The predicted molar refractivity (Wildman–Crippen MR) is 125 cm³/mol. The molecule has 0 atom stereocenters. The monoisotopic (exact) mass is 460 g/mol. The molecule has 10 heteroatoms. The van der Waals surface area contributed by atoms with Crippen LogP contribution in [0.3, 0.4) is 0 Å². The molecular weight excluding hydrogens is 433 g/mol. The Morgan fingerprint density at radius 2 is 1.91 bits per heavy atom. The molecule has 0 aliphatic carbocycles. The zero-order chi connectivity index (χ0) is 24.0. The van der Waals surface area contributed by atoms with Gasteiger partial charge in [-0.25, -0.2) is 15.0 Å². The van der Waals surface area contributed by atoms with E-state index in [1.165, 1.54) is 6.08 Å². The molecule has 2 aromatic rings. The maximum Gasteiger partial charge on any atom is 0.422 e. The van der Waals surface area contributed by atoms with Gasteiger partial charge in [0.05, 0.1) is 5.69 Å². The molecule has 3 rings (SSSR count). The van der Waals surface area contributed by atoms with Gasteiger partial charge in [-0.3, -0.25) is 0 Å². The van der Waals surface area contributed by atoms with Crippen LogP contribution in [0, 0.1) is 0 Å². The summed E-state index contributed by atoms with van der Waals surface area (Å²) in [5, 5.41) is 0. The molecule has 0 radical (unpaired) electrons. The zero-order valence-electron chi connectivity index (χ0n) is 18.3. The van der Waals surface area contributed by atoms with Crippen LogP contribution in [0.2, 0.25) is 0 Å². The zero-order valence-corrected chi connectivity index (χ0v) is 18.3. The van der Waals surface area contributed by atoms with Crippen LogP contribution >= 0.6 is 0 Å². The first kappa shape index (κ1) is 24.2. The Kier molecular flexibility index (Phi) is 7.70. The van der Waals surface area contributed by atoms with Crippen molar-refractivity contribution in [3.8, 4) is 11.3 Å². The van der Waals surface area contributed by atoms with Crippen molar-refractivity contribution in [3.63, 3.8) is 0 Å². The number of hydrogen-bond acceptors (Lipinski definition) is 7. The molecule has 1 aliphatic heterocycles. The molecule has 0 saturated carbocycles. The van der Waals surface area contributed by atoms with E-state index in [9.17, 15) is 13.2 Å². The summed E-state index contributed by atoms with van der Waals surface area (Å²) >= 11 is 0. The van der Waals surface area contributed by atoms with Crippen LogP contribution in [0.25, 0.3) is 16.8 Å². The standard InChI is InChI=1S/C23H27F3N6O/c1-15(3-8-20(29-2)33-14-23(24,25)26)19-13-30-22(32-11-9-18(28)10-12-32)31-21(19)16-4-6-17(27)7-5-16/h3-8,13,18H,2,9-12,14,27-28H2,1H3/b15-3+,20-8+. The van der Waals surface area contributed by atoms with Gasteiger partial charge in [0.25, 0.3) is 0 Å². The van der Waals surface area contributed by atoms with Crippen molar-refractivity contribution in [1.29, 1.82) is 0 Å². The summed E-state index contributed by atoms with van der Waals surface area (Å²) in [7, 11) is 0. The summed E-state index contributed by atoms with van der Waals surface area (Å²) < 4.78 is 42.0. The van der Waals surface area contributed by atoms with Crippen LogP contribution in [-0.4, -0.2) is 48.6 Å². The quantitative estimate of drug-likeness (QED) is 0.278. The molecule has 0 amide bonds. The summed E-state index contributed by atoms with van der Waals surface area (Å²) in [4.78, 5) is 15.0. The smallest absolute Gasteiger partial charge is 0.422 e. The Morgan fingerprint density at radius 3 is 2.52 bits per heavy atom. The van der Waals surface area contributed by atoms with Gasteiger partial charge in [-0.1, -0.05) is 18.2 Å². The molecule has 33 heavy (non-hydrogen) atoms. The van der Waals surface area contributed by atoms with Crippen molar-refractivity contribution in [2.45, 2.75) is 32.0 Å². The van der Waals surface area contributed by atoms with Crippen molar-refractivity contribution >= 4 is 23.9 Å². The molecule has 1 saturated heterocycles. The highest BCUT2D eigenvalue weighted by molar-refractivity contribution is 5.79. The Labute approximate surface area is 190 Å². The second-order valence-corrected chi connectivity index (χ2v) is 7.80. The van der Waals surface area contributed by atoms with Crippen LogP contribution in [0.4, 0.5) is 24.8 Å². The second kappa shape index (κ2) is 10.5. The fraction of sp³-hybridized carbons (Fsp3) is 0.348. The van der Waals surface area contributed by atoms with Crippen LogP contribution in [0.15, 0.2) is 53.5 Å². The van der Waals surface area contributed by atoms with Crippen LogP contribution in [0.1, 0.15) is 25.3 Å². The maximum atomic E-state index is 12.4. The number of rotatable bonds is 7. The number of piperidine rings is 1. The fourth-order valence-corrected chi connectivity index (χ4v) is 3.36. The van der Waals surface area contributed by atoms with E-state index in [0.717, 1.165) is 31.5 Å². The molecule has 1 aromatic heterocycles. The highest BCUT2D eigenvalue weighted by Crippen LogP contribution is 2.30. The van der Waals surface area contributed by atoms with Crippen molar-refractivity contribution in [1.82, 2.24) is 9.97 Å². The van der Waals surface area contributed by atoms with Gasteiger partial charge in [-0.05, 0) is 44.2 Å². The summed E-state index contributed by atoms with van der Waals surface area (Å²) in [6, 6.07) is 7.48. The lowest BCUT2D eigenvalue weighted by Crippen LogP contribution is -2.40.